The number of nitrogens with zero attached hydrogens (tertiary/aromatic N) is 1. The normalized spacial score (nSPS) is 16.6. The van der Waals surface area contributed by atoms with Crippen LogP contribution in [0.3, 0.4) is 0 Å². The highest BCUT2D eigenvalue weighted by atomic mass is 35.5. The summed E-state index contributed by atoms with van der Waals surface area (Å²) < 4.78 is 11.1. The van der Waals surface area contributed by atoms with Crippen molar-refractivity contribution in [1.82, 2.24) is 10.3 Å². The minimum absolute atomic E-state index is 0.443. The molecule has 1 aromatic heterocycles. The molecule has 4 nitrogen and oxygen atoms in total. The van der Waals surface area contributed by atoms with Crippen LogP contribution in [-0.4, -0.2) is 30.8 Å². The van der Waals surface area contributed by atoms with Crippen LogP contribution in [0.25, 0.3) is 0 Å². The number of pyridine rings is 1. The lowest BCUT2D eigenvalue weighted by atomic mass is 10.0. The van der Waals surface area contributed by atoms with Gasteiger partial charge in [0.25, 0.3) is 0 Å². The van der Waals surface area contributed by atoms with Gasteiger partial charge >= 0.3 is 0 Å². The monoisotopic (exact) mass is 298 g/mol. The predicted molar refractivity (Wildman–Crippen MR) is 80.3 cm³/mol. The Morgan fingerprint density at radius 2 is 2.20 bits per heavy atom. The summed E-state index contributed by atoms with van der Waals surface area (Å²) in [5.74, 6) is 1.08. The van der Waals surface area contributed by atoms with Crippen molar-refractivity contribution in [2.24, 2.45) is 5.92 Å². The average Bonchev–Trinajstić information content (AvgIpc) is 2.45. The lowest BCUT2D eigenvalue weighted by Gasteiger charge is -2.22. The summed E-state index contributed by atoms with van der Waals surface area (Å²) in [7, 11) is 0. The Morgan fingerprint density at radius 1 is 1.45 bits per heavy atom. The van der Waals surface area contributed by atoms with Gasteiger partial charge in [0.1, 0.15) is 5.02 Å². The molecule has 1 aliphatic rings. The van der Waals surface area contributed by atoms with Crippen LogP contribution in [0.15, 0.2) is 12.3 Å². The van der Waals surface area contributed by atoms with Crippen LogP contribution in [0, 0.1) is 5.92 Å². The third-order valence-electron chi connectivity index (χ3n) is 3.38. The van der Waals surface area contributed by atoms with E-state index in [1.54, 1.807) is 0 Å². The van der Waals surface area contributed by atoms with Crippen LogP contribution in [0.1, 0.15) is 32.3 Å². The van der Waals surface area contributed by atoms with Gasteiger partial charge < -0.3 is 14.8 Å². The van der Waals surface area contributed by atoms with Gasteiger partial charge in [0.05, 0.1) is 6.61 Å². The van der Waals surface area contributed by atoms with Gasteiger partial charge in [-0.2, -0.15) is 0 Å². The topological polar surface area (TPSA) is 43.4 Å². The largest absolute Gasteiger partial charge is 0.476 e. The second-order valence-electron chi connectivity index (χ2n) is 5.53. The second kappa shape index (κ2) is 7.81. The molecule has 0 bridgehead atoms. The maximum atomic E-state index is 6.22. The van der Waals surface area contributed by atoms with Gasteiger partial charge in [-0.05, 0) is 30.4 Å². The lowest BCUT2D eigenvalue weighted by molar-refractivity contribution is 0.0490. The van der Waals surface area contributed by atoms with Crippen molar-refractivity contribution >= 4 is 11.6 Å². The first kappa shape index (κ1) is 15.5. The molecular weight excluding hydrogens is 276 g/mol. The van der Waals surface area contributed by atoms with Crippen LogP contribution >= 0.6 is 11.6 Å². The summed E-state index contributed by atoms with van der Waals surface area (Å²) in [5, 5.41) is 3.92. The quantitative estimate of drug-likeness (QED) is 0.876. The zero-order chi connectivity index (χ0) is 14.4. The highest BCUT2D eigenvalue weighted by molar-refractivity contribution is 6.31. The molecule has 0 unspecified atom stereocenters. The molecule has 2 heterocycles. The van der Waals surface area contributed by atoms with Gasteiger partial charge in [-0.1, -0.05) is 25.4 Å². The molecule has 0 spiro atoms. The average molecular weight is 299 g/mol. The third kappa shape index (κ3) is 4.93. The number of aromatic nitrogens is 1. The van der Waals surface area contributed by atoms with E-state index in [0.29, 0.717) is 29.5 Å². The van der Waals surface area contributed by atoms with Crippen molar-refractivity contribution < 1.29 is 9.47 Å². The summed E-state index contributed by atoms with van der Waals surface area (Å²) in [5.41, 5.74) is 1.07. The van der Waals surface area contributed by atoms with Gasteiger partial charge in [0, 0.05) is 32.0 Å². The van der Waals surface area contributed by atoms with E-state index in [0.717, 1.165) is 38.2 Å². The Kier molecular flexibility index (Phi) is 6.07. The van der Waals surface area contributed by atoms with E-state index in [4.69, 9.17) is 21.1 Å². The minimum Gasteiger partial charge on any atom is -0.476 e. The fraction of sp³-hybridized carbons (Fsp3) is 0.667. The number of rotatable bonds is 6. The molecule has 2 rings (SSSR count). The number of ether oxygens (including phenoxy) is 2. The van der Waals surface area contributed by atoms with Crippen LogP contribution in [-0.2, 0) is 11.3 Å². The van der Waals surface area contributed by atoms with Crippen LogP contribution in [0.5, 0.6) is 5.88 Å². The molecule has 0 atom stereocenters. The number of hydrogen-bond acceptors (Lipinski definition) is 4. The first-order valence-corrected chi connectivity index (χ1v) is 7.61. The molecule has 1 fully saturated rings. The van der Waals surface area contributed by atoms with E-state index in [-0.39, 0.29) is 0 Å². The molecule has 0 radical (unpaired) electrons. The van der Waals surface area contributed by atoms with Crippen molar-refractivity contribution in [3.8, 4) is 5.88 Å². The van der Waals surface area contributed by atoms with Crippen LogP contribution in [0.2, 0.25) is 5.02 Å². The Morgan fingerprint density at radius 3 is 2.85 bits per heavy atom. The van der Waals surface area contributed by atoms with Crippen molar-refractivity contribution in [1.29, 1.82) is 0 Å². The van der Waals surface area contributed by atoms with Crippen LogP contribution in [0.4, 0.5) is 0 Å². The molecule has 0 amide bonds. The Bertz CT molecular complexity index is 420. The summed E-state index contributed by atoms with van der Waals surface area (Å²) in [4.78, 5) is 4.32. The first-order chi connectivity index (χ1) is 9.65. The third-order valence-corrected chi connectivity index (χ3v) is 3.65. The standard InChI is InChI=1S/C15H23ClN2O2/c1-11(2)17-8-13-7-14(16)15(18-9-13)20-10-12-3-5-19-6-4-12/h7,9,11-12,17H,3-6,8,10H2,1-2H3. The zero-order valence-electron chi connectivity index (χ0n) is 12.2. The Balaban J connectivity index is 1.85. The molecular formula is C15H23ClN2O2. The van der Waals surface area contributed by atoms with Crippen LogP contribution < -0.4 is 10.1 Å². The number of nitrogens with one attached hydrogen (secondary N) is 1. The second-order valence-corrected chi connectivity index (χ2v) is 5.94. The molecule has 1 aromatic rings. The van der Waals surface area contributed by atoms with Crippen molar-refractivity contribution in [3.63, 3.8) is 0 Å². The summed E-state index contributed by atoms with van der Waals surface area (Å²) in [6.45, 7) is 7.31. The maximum absolute atomic E-state index is 6.22. The summed E-state index contributed by atoms with van der Waals surface area (Å²) in [6, 6.07) is 2.36. The van der Waals surface area contributed by atoms with Gasteiger partial charge in [-0.15, -0.1) is 0 Å². The molecule has 0 saturated carbocycles. The first-order valence-electron chi connectivity index (χ1n) is 7.23. The van der Waals surface area contributed by atoms with E-state index in [9.17, 15) is 0 Å². The SMILES string of the molecule is CC(C)NCc1cnc(OCC2CCOCC2)c(Cl)c1. The van der Waals surface area contributed by atoms with Gasteiger partial charge in [0.2, 0.25) is 5.88 Å². The minimum atomic E-state index is 0.443. The molecule has 20 heavy (non-hydrogen) atoms. The molecule has 1 saturated heterocycles. The van der Waals surface area contributed by atoms with E-state index in [2.05, 4.69) is 24.1 Å². The molecule has 1 N–H and O–H groups in total. The van der Waals surface area contributed by atoms with E-state index >= 15 is 0 Å². The molecule has 112 valence electrons. The number of hydrogen-bond donors (Lipinski definition) is 1. The van der Waals surface area contributed by atoms with Gasteiger partial charge in [0.15, 0.2) is 0 Å². The predicted octanol–water partition coefficient (Wildman–Crippen LogP) is 3.04. The molecule has 5 heteroatoms. The van der Waals surface area contributed by atoms with Crippen molar-refractivity contribution in [2.75, 3.05) is 19.8 Å². The van der Waals surface area contributed by atoms with E-state index in [1.165, 1.54) is 0 Å². The van der Waals surface area contributed by atoms with Gasteiger partial charge in [-0.3, -0.25) is 0 Å². The highest BCUT2D eigenvalue weighted by Crippen LogP contribution is 2.24. The zero-order valence-corrected chi connectivity index (χ0v) is 12.9. The maximum Gasteiger partial charge on any atom is 0.232 e. The lowest BCUT2D eigenvalue weighted by Crippen LogP contribution is -2.22. The molecule has 0 aliphatic carbocycles. The fourth-order valence-electron chi connectivity index (χ4n) is 2.10. The van der Waals surface area contributed by atoms with Crippen molar-refractivity contribution in [3.05, 3.63) is 22.8 Å². The summed E-state index contributed by atoms with van der Waals surface area (Å²) in [6.07, 6.45) is 3.92. The van der Waals surface area contributed by atoms with Gasteiger partial charge in [-0.25, -0.2) is 4.98 Å². The van der Waals surface area contributed by atoms with E-state index < -0.39 is 0 Å². The van der Waals surface area contributed by atoms with Crippen molar-refractivity contribution in [2.45, 2.75) is 39.3 Å². The van der Waals surface area contributed by atoms with E-state index in [1.807, 2.05) is 12.3 Å². The molecule has 1 aliphatic heterocycles. The summed E-state index contributed by atoms with van der Waals surface area (Å²) >= 11 is 6.22. The smallest absolute Gasteiger partial charge is 0.232 e. The fourth-order valence-corrected chi connectivity index (χ4v) is 2.34. The number of halogens is 1. The Labute approximate surface area is 125 Å². The highest BCUT2D eigenvalue weighted by Gasteiger charge is 2.15. The molecule has 0 aromatic carbocycles. The Hall–Kier alpha value is -0.840.